The Morgan fingerprint density at radius 2 is 2.10 bits per heavy atom. The molecule has 0 spiro atoms. The van der Waals surface area contributed by atoms with Crippen LogP contribution in [0.2, 0.25) is 0 Å². The van der Waals surface area contributed by atoms with Crippen LogP contribution in [0.5, 0.6) is 0 Å². The number of rotatable bonds is 5. The molecule has 106 valence electrons. The van der Waals surface area contributed by atoms with E-state index in [1.165, 1.54) is 16.1 Å². The van der Waals surface area contributed by atoms with Crippen molar-refractivity contribution in [3.63, 3.8) is 0 Å². The van der Waals surface area contributed by atoms with Crippen molar-refractivity contribution < 1.29 is 0 Å². The van der Waals surface area contributed by atoms with Crippen molar-refractivity contribution in [1.82, 2.24) is 4.90 Å². The quantitative estimate of drug-likeness (QED) is 0.894. The smallest absolute Gasteiger partial charge is 0.0429 e. The SMILES string of the molecule is CC(C)N(Cc1cccs1)CC1Cc2ccccc2N1. The largest absolute Gasteiger partial charge is 0.380 e. The van der Waals surface area contributed by atoms with Gasteiger partial charge in [-0.3, -0.25) is 4.90 Å². The van der Waals surface area contributed by atoms with Gasteiger partial charge in [0.25, 0.3) is 0 Å². The number of benzene rings is 1. The molecule has 2 nitrogen and oxygen atoms in total. The van der Waals surface area contributed by atoms with E-state index < -0.39 is 0 Å². The molecule has 1 aromatic carbocycles. The number of nitrogens with zero attached hydrogens (tertiary/aromatic N) is 1. The van der Waals surface area contributed by atoms with Crippen molar-refractivity contribution in [2.75, 3.05) is 11.9 Å². The number of fused-ring (bicyclic) bond motifs is 1. The summed E-state index contributed by atoms with van der Waals surface area (Å²) in [5.74, 6) is 0. The molecule has 0 saturated heterocycles. The van der Waals surface area contributed by atoms with Crippen LogP contribution in [0.25, 0.3) is 0 Å². The monoisotopic (exact) mass is 286 g/mol. The standard InChI is InChI=1S/C17H22N2S/c1-13(2)19(12-16-7-5-9-20-16)11-15-10-14-6-3-4-8-17(14)18-15/h3-9,13,15,18H,10-12H2,1-2H3. The fraction of sp³-hybridized carbons (Fsp3) is 0.412. The second-order valence-electron chi connectivity index (χ2n) is 5.81. The van der Waals surface area contributed by atoms with Crippen molar-refractivity contribution in [3.05, 3.63) is 52.2 Å². The van der Waals surface area contributed by atoms with Crippen molar-refractivity contribution in [2.24, 2.45) is 0 Å². The lowest BCUT2D eigenvalue weighted by atomic mass is 10.1. The predicted octanol–water partition coefficient (Wildman–Crippen LogP) is 4.00. The Morgan fingerprint density at radius 3 is 2.80 bits per heavy atom. The minimum atomic E-state index is 0.537. The van der Waals surface area contributed by atoms with Gasteiger partial charge < -0.3 is 5.32 Å². The summed E-state index contributed by atoms with van der Waals surface area (Å²) >= 11 is 1.85. The molecule has 1 aliphatic heterocycles. The molecule has 1 unspecified atom stereocenters. The summed E-state index contributed by atoms with van der Waals surface area (Å²) in [5, 5.41) is 5.83. The predicted molar refractivity (Wildman–Crippen MR) is 87.4 cm³/mol. The van der Waals surface area contributed by atoms with Gasteiger partial charge in [0.05, 0.1) is 0 Å². The van der Waals surface area contributed by atoms with E-state index in [4.69, 9.17) is 0 Å². The molecular weight excluding hydrogens is 264 g/mol. The summed E-state index contributed by atoms with van der Waals surface area (Å²) < 4.78 is 0. The normalized spacial score (nSPS) is 17.5. The first-order valence-electron chi connectivity index (χ1n) is 7.33. The molecule has 0 bridgehead atoms. The van der Waals surface area contributed by atoms with E-state index in [9.17, 15) is 0 Å². The summed E-state index contributed by atoms with van der Waals surface area (Å²) in [6, 6.07) is 14.2. The third-order valence-corrected chi connectivity index (χ3v) is 4.83. The Kier molecular flexibility index (Phi) is 4.08. The number of hydrogen-bond donors (Lipinski definition) is 1. The molecule has 2 aromatic rings. The molecular formula is C17H22N2S. The molecule has 0 saturated carbocycles. The van der Waals surface area contributed by atoms with Gasteiger partial charge >= 0.3 is 0 Å². The maximum Gasteiger partial charge on any atom is 0.0429 e. The van der Waals surface area contributed by atoms with Gasteiger partial charge in [-0.15, -0.1) is 11.3 Å². The van der Waals surface area contributed by atoms with Gasteiger partial charge in [0, 0.05) is 35.7 Å². The van der Waals surface area contributed by atoms with Crippen molar-refractivity contribution in [1.29, 1.82) is 0 Å². The second kappa shape index (κ2) is 5.98. The molecule has 3 rings (SSSR count). The lowest BCUT2D eigenvalue weighted by Gasteiger charge is -2.29. The van der Waals surface area contributed by atoms with Crippen LogP contribution >= 0.6 is 11.3 Å². The van der Waals surface area contributed by atoms with Gasteiger partial charge in [-0.25, -0.2) is 0 Å². The van der Waals surface area contributed by atoms with E-state index in [1.807, 2.05) is 11.3 Å². The van der Waals surface area contributed by atoms with E-state index in [-0.39, 0.29) is 0 Å². The number of anilines is 1. The van der Waals surface area contributed by atoms with Crippen molar-refractivity contribution >= 4 is 17.0 Å². The number of nitrogens with one attached hydrogen (secondary N) is 1. The fourth-order valence-corrected chi connectivity index (χ4v) is 3.56. The van der Waals surface area contributed by atoms with Crippen LogP contribution < -0.4 is 5.32 Å². The van der Waals surface area contributed by atoms with Crippen LogP contribution in [0.3, 0.4) is 0 Å². The first-order valence-corrected chi connectivity index (χ1v) is 8.21. The van der Waals surface area contributed by atoms with E-state index in [0.717, 1.165) is 19.5 Å². The molecule has 0 aliphatic carbocycles. The van der Waals surface area contributed by atoms with E-state index >= 15 is 0 Å². The summed E-state index contributed by atoms with van der Waals surface area (Å²) in [6.07, 6.45) is 1.14. The molecule has 3 heteroatoms. The lowest BCUT2D eigenvalue weighted by molar-refractivity contribution is 0.206. The van der Waals surface area contributed by atoms with Gasteiger partial charge in [-0.1, -0.05) is 24.3 Å². The van der Waals surface area contributed by atoms with Crippen molar-refractivity contribution in [3.8, 4) is 0 Å². The minimum Gasteiger partial charge on any atom is -0.380 e. The van der Waals surface area contributed by atoms with Crippen LogP contribution in [0.15, 0.2) is 41.8 Å². The topological polar surface area (TPSA) is 15.3 Å². The third kappa shape index (κ3) is 3.05. The molecule has 0 radical (unpaired) electrons. The molecule has 1 N–H and O–H groups in total. The average Bonchev–Trinajstić information content (AvgIpc) is 3.05. The van der Waals surface area contributed by atoms with Gasteiger partial charge in [-0.2, -0.15) is 0 Å². The number of thiophene rings is 1. The van der Waals surface area contributed by atoms with E-state index in [2.05, 4.69) is 65.8 Å². The zero-order valence-electron chi connectivity index (χ0n) is 12.2. The van der Waals surface area contributed by atoms with Crippen LogP contribution in [0.1, 0.15) is 24.3 Å². The van der Waals surface area contributed by atoms with Gasteiger partial charge in [-0.05, 0) is 43.3 Å². The minimum absolute atomic E-state index is 0.537. The second-order valence-corrected chi connectivity index (χ2v) is 6.84. The first kappa shape index (κ1) is 13.7. The zero-order valence-corrected chi connectivity index (χ0v) is 13.0. The van der Waals surface area contributed by atoms with Crippen LogP contribution in [0, 0.1) is 0 Å². The Labute approximate surface area is 125 Å². The Balaban J connectivity index is 1.64. The highest BCUT2D eigenvalue weighted by atomic mass is 32.1. The molecule has 1 atom stereocenters. The highest BCUT2D eigenvalue weighted by molar-refractivity contribution is 7.09. The van der Waals surface area contributed by atoms with E-state index in [1.54, 1.807) is 0 Å². The maximum absolute atomic E-state index is 3.66. The molecule has 20 heavy (non-hydrogen) atoms. The van der Waals surface area contributed by atoms with Crippen molar-refractivity contribution in [2.45, 2.75) is 38.9 Å². The summed E-state index contributed by atoms with van der Waals surface area (Å²) in [5.41, 5.74) is 2.77. The van der Waals surface area contributed by atoms with Crippen LogP contribution in [-0.4, -0.2) is 23.5 Å². The molecule has 1 aliphatic rings. The first-order chi connectivity index (χ1) is 9.72. The Bertz CT molecular complexity index is 523. The fourth-order valence-electron chi connectivity index (χ4n) is 2.83. The molecule has 0 amide bonds. The summed E-state index contributed by atoms with van der Waals surface area (Å²) in [7, 11) is 0. The van der Waals surface area contributed by atoms with E-state index in [0.29, 0.717) is 12.1 Å². The maximum atomic E-state index is 3.66. The lowest BCUT2D eigenvalue weighted by Crippen LogP contribution is -2.39. The molecule has 0 fully saturated rings. The third-order valence-electron chi connectivity index (χ3n) is 3.97. The Hall–Kier alpha value is -1.32. The summed E-state index contributed by atoms with van der Waals surface area (Å²) in [4.78, 5) is 4.02. The summed E-state index contributed by atoms with van der Waals surface area (Å²) in [6.45, 7) is 6.74. The molecule has 1 aromatic heterocycles. The highest BCUT2D eigenvalue weighted by Gasteiger charge is 2.23. The van der Waals surface area contributed by atoms with Gasteiger partial charge in [0.2, 0.25) is 0 Å². The highest BCUT2D eigenvalue weighted by Crippen LogP contribution is 2.26. The number of para-hydroxylation sites is 1. The van der Waals surface area contributed by atoms with Gasteiger partial charge in [0.15, 0.2) is 0 Å². The Morgan fingerprint density at radius 1 is 1.25 bits per heavy atom. The van der Waals surface area contributed by atoms with Crippen LogP contribution in [0.4, 0.5) is 5.69 Å². The molecule has 2 heterocycles. The number of hydrogen-bond acceptors (Lipinski definition) is 3. The van der Waals surface area contributed by atoms with Crippen LogP contribution in [-0.2, 0) is 13.0 Å². The average molecular weight is 286 g/mol. The van der Waals surface area contributed by atoms with Gasteiger partial charge in [0.1, 0.15) is 0 Å². The zero-order chi connectivity index (χ0) is 13.9.